The Morgan fingerprint density at radius 1 is 1.06 bits per heavy atom. The van der Waals surface area contributed by atoms with Crippen molar-refractivity contribution in [2.75, 3.05) is 0 Å². The smallest absolute Gasteiger partial charge is 0.254 e. The van der Waals surface area contributed by atoms with Crippen LogP contribution in [0.2, 0.25) is 0 Å². The Balaban J connectivity index is 1.69. The number of nitrogens with zero attached hydrogens (tertiary/aromatic N) is 1. The SMILES string of the molecule is NC(=O)C1=C(N=O)C[C@@H]2CC3Cc4c(-c5cccc(O)c5)ccc(O)c4C(O)=C3C(=O)[C@]2(O)C1=O. The van der Waals surface area contributed by atoms with Crippen molar-refractivity contribution in [1.82, 2.24) is 0 Å². The molecule has 0 radical (unpaired) electrons. The Morgan fingerprint density at radius 3 is 2.46 bits per heavy atom. The number of benzene rings is 2. The third kappa shape index (κ3) is 3.03. The summed E-state index contributed by atoms with van der Waals surface area (Å²) in [5.74, 6) is -6.30. The van der Waals surface area contributed by atoms with Gasteiger partial charge in [-0.05, 0) is 58.8 Å². The van der Waals surface area contributed by atoms with Gasteiger partial charge in [0.15, 0.2) is 5.60 Å². The summed E-state index contributed by atoms with van der Waals surface area (Å²) in [5.41, 5.74) is 2.77. The first-order valence-electron chi connectivity index (χ1n) is 10.9. The minimum atomic E-state index is -2.70. The van der Waals surface area contributed by atoms with Crippen molar-refractivity contribution in [3.8, 4) is 22.6 Å². The summed E-state index contributed by atoms with van der Waals surface area (Å²) in [7, 11) is 0. The Kier molecular flexibility index (Phi) is 4.88. The first kappa shape index (κ1) is 22.5. The third-order valence-electron chi connectivity index (χ3n) is 7.21. The lowest BCUT2D eigenvalue weighted by atomic mass is 9.58. The molecule has 178 valence electrons. The number of Topliss-reactive ketones (excluding diaryl/α,β-unsaturated/α-hetero) is 2. The number of phenols is 2. The summed E-state index contributed by atoms with van der Waals surface area (Å²) in [6.45, 7) is 0. The molecule has 3 aliphatic rings. The fourth-order valence-electron chi connectivity index (χ4n) is 5.64. The lowest BCUT2D eigenvalue weighted by Crippen LogP contribution is -2.61. The Bertz CT molecular complexity index is 1420. The fourth-order valence-corrected chi connectivity index (χ4v) is 5.64. The molecule has 1 saturated carbocycles. The highest BCUT2D eigenvalue weighted by atomic mass is 16.3. The number of phenolic OH excluding ortho intramolecular Hbond substituents is 2. The van der Waals surface area contributed by atoms with Crippen LogP contribution in [0, 0.1) is 16.7 Å². The van der Waals surface area contributed by atoms with Gasteiger partial charge in [0.05, 0.1) is 5.56 Å². The quantitative estimate of drug-likeness (QED) is 0.253. The number of carbonyl (C=O) groups is 3. The molecule has 0 heterocycles. The van der Waals surface area contributed by atoms with Crippen LogP contribution < -0.4 is 5.73 Å². The summed E-state index contributed by atoms with van der Waals surface area (Å²) in [4.78, 5) is 49.7. The summed E-state index contributed by atoms with van der Waals surface area (Å²) < 4.78 is 0. The topological polar surface area (TPSA) is 188 Å². The van der Waals surface area contributed by atoms with Crippen molar-refractivity contribution < 1.29 is 34.8 Å². The standard InChI is InChI=1S/C25H20N2O8/c26-24(33)20-16(27-35)9-12-6-11-8-15-14(10-2-1-3-13(28)7-10)4-5-17(29)19(15)21(30)18(11)22(31)25(12,34)23(20)32/h1-5,7,11-12,28-30,34H,6,8-9H2,(H2,26,33)/t11?,12-,25-/m0/s1. The van der Waals surface area contributed by atoms with E-state index < -0.39 is 51.9 Å². The molecular weight excluding hydrogens is 456 g/mol. The Labute approximate surface area is 198 Å². The monoisotopic (exact) mass is 476 g/mol. The van der Waals surface area contributed by atoms with E-state index in [-0.39, 0.29) is 41.9 Å². The first-order chi connectivity index (χ1) is 16.6. The van der Waals surface area contributed by atoms with Crippen LogP contribution in [-0.4, -0.2) is 43.5 Å². The molecule has 5 rings (SSSR count). The number of aliphatic hydroxyl groups is 2. The number of amides is 1. The van der Waals surface area contributed by atoms with Gasteiger partial charge in [0, 0.05) is 17.9 Å². The first-order valence-corrected chi connectivity index (χ1v) is 10.9. The number of aromatic hydroxyl groups is 2. The molecule has 10 nitrogen and oxygen atoms in total. The molecule has 6 N–H and O–H groups in total. The van der Waals surface area contributed by atoms with Crippen LogP contribution in [0.25, 0.3) is 16.9 Å². The minimum absolute atomic E-state index is 0.0170. The second kappa shape index (κ2) is 7.60. The van der Waals surface area contributed by atoms with E-state index in [2.05, 4.69) is 5.18 Å². The maximum Gasteiger partial charge on any atom is 0.254 e. The molecule has 0 aromatic heterocycles. The number of nitrogens with two attached hydrogens (primary N) is 1. The van der Waals surface area contributed by atoms with Gasteiger partial charge in [-0.2, -0.15) is 0 Å². The molecule has 2 aromatic carbocycles. The summed E-state index contributed by atoms with van der Waals surface area (Å²) in [6.07, 6.45) is -0.128. The van der Waals surface area contributed by atoms with E-state index in [0.29, 0.717) is 16.7 Å². The molecular formula is C25H20N2O8. The number of fused-ring (bicyclic) bond motifs is 3. The van der Waals surface area contributed by atoms with E-state index in [1.54, 1.807) is 18.2 Å². The third-order valence-corrected chi connectivity index (χ3v) is 7.21. The predicted molar refractivity (Wildman–Crippen MR) is 122 cm³/mol. The lowest BCUT2D eigenvalue weighted by molar-refractivity contribution is -0.157. The number of hydrogen-bond acceptors (Lipinski definition) is 9. The molecule has 35 heavy (non-hydrogen) atoms. The maximum absolute atomic E-state index is 13.5. The van der Waals surface area contributed by atoms with Crippen molar-refractivity contribution in [3.05, 3.63) is 69.3 Å². The van der Waals surface area contributed by atoms with Crippen LogP contribution in [0.1, 0.15) is 24.0 Å². The van der Waals surface area contributed by atoms with Gasteiger partial charge in [-0.1, -0.05) is 18.2 Å². The Hall–Kier alpha value is -4.31. The zero-order valence-electron chi connectivity index (χ0n) is 18.2. The predicted octanol–water partition coefficient (Wildman–Crippen LogP) is 2.00. The van der Waals surface area contributed by atoms with Crippen LogP contribution in [0.3, 0.4) is 0 Å². The second-order valence-electron chi connectivity index (χ2n) is 9.04. The molecule has 1 unspecified atom stereocenters. The van der Waals surface area contributed by atoms with Crippen LogP contribution in [-0.2, 0) is 20.8 Å². The minimum Gasteiger partial charge on any atom is -0.508 e. The molecule has 10 heteroatoms. The average Bonchev–Trinajstić information content (AvgIpc) is 2.80. The van der Waals surface area contributed by atoms with Crippen molar-refractivity contribution in [3.63, 3.8) is 0 Å². The van der Waals surface area contributed by atoms with E-state index in [1.807, 2.05) is 0 Å². The van der Waals surface area contributed by atoms with Crippen molar-refractivity contribution in [2.24, 2.45) is 22.7 Å². The molecule has 0 saturated heterocycles. The van der Waals surface area contributed by atoms with E-state index in [0.717, 1.165) is 0 Å². The fraction of sp³-hybridized carbons (Fsp3) is 0.240. The zero-order valence-corrected chi connectivity index (χ0v) is 18.2. The van der Waals surface area contributed by atoms with E-state index in [9.17, 15) is 39.7 Å². The van der Waals surface area contributed by atoms with Gasteiger partial charge < -0.3 is 26.2 Å². The van der Waals surface area contributed by atoms with Crippen molar-refractivity contribution in [2.45, 2.75) is 24.9 Å². The number of nitroso groups, excluding NO2 is 1. The van der Waals surface area contributed by atoms with Crippen molar-refractivity contribution >= 4 is 23.2 Å². The molecule has 0 bridgehead atoms. The summed E-state index contributed by atoms with van der Waals surface area (Å²) in [5, 5.41) is 45.6. The highest BCUT2D eigenvalue weighted by Gasteiger charge is 2.61. The van der Waals surface area contributed by atoms with Gasteiger partial charge >= 0.3 is 0 Å². The average molecular weight is 476 g/mol. The van der Waals surface area contributed by atoms with Crippen LogP contribution in [0.15, 0.2) is 58.4 Å². The number of primary amides is 1. The number of carbonyl (C=O) groups excluding carboxylic acids is 3. The van der Waals surface area contributed by atoms with Gasteiger partial charge in [0.25, 0.3) is 5.91 Å². The molecule has 3 aliphatic carbocycles. The van der Waals surface area contributed by atoms with Gasteiger partial charge in [0.1, 0.15) is 28.5 Å². The van der Waals surface area contributed by atoms with Gasteiger partial charge in [0.2, 0.25) is 11.6 Å². The number of allylic oxidation sites excluding steroid dienone is 1. The summed E-state index contributed by atoms with van der Waals surface area (Å²) >= 11 is 0. The van der Waals surface area contributed by atoms with E-state index >= 15 is 0 Å². The van der Waals surface area contributed by atoms with Crippen LogP contribution in [0.5, 0.6) is 11.5 Å². The largest absolute Gasteiger partial charge is 0.508 e. The zero-order chi connectivity index (χ0) is 25.2. The van der Waals surface area contributed by atoms with Gasteiger partial charge in [-0.15, -0.1) is 4.91 Å². The molecule has 1 amide bonds. The second-order valence-corrected chi connectivity index (χ2v) is 9.04. The molecule has 0 spiro atoms. The maximum atomic E-state index is 13.5. The van der Waals surface area contributed by atoms with Crippen LogP contribution in [0.4, 0.5) is 0 Å². The highest BCUT2D eigenvalue weighted by Crippen LogP contribution is 2.52. The molecule has 3 atom stereocenters. The Morgan fingerprint density at radius 2 is 1.80 bits per heavy atom. The van der Waals surface area contributed by atoms with Gasteiger partial charge in [-0.3, -0.25) is 14.4 Å². The van der Waals surface area contributed by atoms with E-state index in [4.69, 9.17) is 5.73 Å². The molecule has 1 fully saturated rings. The number of ketones is 2. The lowest BCUT2D eigenvalue weighted by Gasteiger charge is -2.45. The number of aliphatic hydroxyl groups excluding tert-OH is 1. The van der Waals surface area contributed by atoms with Gasteiger partial charge in [-0.25, -0.2) is 0 Å². The molecule has 0 aliphatic heterocycles. The normalized spacial score (nSPS) is 25.6. The summed E-state index contributed by atoms with van der Waals surface area (Å²) in [6, 6.07) is 9.36. The number of hydrogen-bond donors (Lipinski definition) is 5. The van der Waals surface area contributed by atoms with E-state index in [1.165, 1.54) is 18.2 Å². The molecule has 2 aromatic rings. The number of rotatable bonds is 3. The highest BCUT2D eigenvalue weighted by molar-refractivity contribution is 6.32. The van der Waals surface area contributed by atoms with Crippen molar-refractivity contribution in [1.29, 1.82) is 0 Å². The van der Waals surface area contributed by atoms with Crippen LogP contribution >= 0.6 is 0 Å².